The van der Waals surface area contributed by atoms with Crippen molar-refractivity contribution in [1.82, 2.24) is 24.5 Å². The van der Waals surface area contributed by atoms with Gasteiger partial charge in [-0.1, -0.05) is 6.07 Å². The number of ether oxygens (including phenoxy) is 2. The third kappa shape index (κ3) is 4.91. The summed E-state index contributed by atoms with van der Waals surface area (Å²) in [6.07, 6.45) is 7.48. The molecule has 5 rings (SSSR count). The lowest BCUT2D eigenvalue weighted by molar-refractivity contribution is -0.133. The summed E-state index contributed by atoms with van der Waals surface area (Å²) in [6, 6.07) is 6.73. The smallest absolute Gasteiger partial charge is 0.231 e. The van der Waals surface area contributed by atoms with Crippen LogP contribution in [0.1, 0.15) is 30.4 Å². The lowest BCUT2D eigenvalue weighted by Crippen LogP contribution is -2.55. The zero-order valence-electron chi connectivity index (χ0n) is 18.9. The number of carbonyl (C=O) groups excluding carboxylic acids is 1. The van der Waals surface area contributed by atoms with Crippen molar-refractivity contribution in [3.05, 3.63) is 41.7 Å². The van der Waals surface area contributed by atoms with Crippen LogP contribution in [0.5, 0.6) is 11.5 Å². The van der Waals surface area contributed by atoms with E-state index in [0.717, 1.165) is 75.7 Å². The van der Waals surface area contributed by atoms with Gasteiger partial charge in [-0.2, -0.15) is 5.10 Å². The number of aromatic nitrogens is 2. The van der Waals surface area contributed by atoms with Crippen molar-refractivity contribution in [2.75, 3.05) is 46.1 Å². The number of benzene rings is 1. The molecular weight excluding hydrogens is 406 g/mol. The number of nitrogens with zero attached hydrogens (tertiary/aromatic N) is 5. The zero-order valence-corrected chi connectivity index (χ0v) is 18.9. The van der Waals surface area contributed by atoms with Crippen molar-refractivity contribution in [1.29, 1.82) is 0 Å². The van der Waals surface area contributed by atoms with Crippen molar-refractivity contribution < 1.29 is 14.3 Å². The molecule has 2 aromatic rings. The molecule has 0 spiro atoms. The molecule has 8 heteroatoms. The van der Waals surface area contributed by atoms with E-state index in [2.05, 4.69) is 31.9 Å². The molecule has 0 radical (unpaired) electrons. The summed E-state index contributed by atoms with van der Waals surface area (Å²) in [6.45, 7) is 7.26. The molecule has 8 nitrogen and oxygen atoms in total. The fourth-order valence-corrected chi connectivity index (χ4v) is 5.07. The Morgan fingerprint density at radius 3 is 2.75 bits per heavy atom. The summed E-state index contributed by atoms with van der Waals surface area (Å²) in [4.78, 5) is 20.0. The van der Waals surface area contributed by atoms with Gasteiger partial charge in [0.05, 0.1) is 6.20 Å². The summed E-state index contributed by atoms with van der Waals surface area (Å²) >= 11 is 0. The van der Waals surface area contributed by atoms with Crippen LogP contribution in [0, 0.1) is 0 Å². The molecule has 1 aromatic carbocycles. The number of rotatable bonds is 6. The summed E-state index contributed by atoms with van der Waals surface area (Å²) in [5.74, 6) is 1.98. The van der Waals surface area contributed by atoms with Crippen molar-refractivity contribution in [3.63, 3.8) is 0 Å². The van der Waals surface area contributed by atoms with Gasteiger partial charge in [-0.15, -0.1) is 0 Å². The largest absolute Gasteiger partial charge is 0.454 e. The van der Waals surface area contributed by atoms with Crippen LogP contribution >= 0.6 is 0 Å². The Morgan fingerprint density at radius 2 is 1.94 bits per heavy atom. The fourth-order valence-electron chi connectivity index (χ4n) is 5.07. The first kappa shape index (κ1) is 21.3. The Hall–Kier alpha value is -2.58. The fraction of sp³-hybridized carbons (Fsp3) is 0.583. The van der Waals surface area contributed by atoms with Crippen LogP contribution < -0.4 is 9.47 Å². The number of piperidine rings is 1. The predicted octanol–water partition coefficient (Wildman–Crippen LogP) is 1.89. The molecule has 0 N–H and O–H groups in total. The maximum atomic E-state index is 12.8. The average Bonchev–Trinajstić information content (AvgIpc) is 3.46. The lowest BCUT2D eigenvalue weighted by atomic mass is 10.0. The number of piperazine rings is 1. The third-order valence-electron chi connectivity index (χ3n) is 6.90. The van der Waals surface area contributed by atoms with Crippen LogP contribution in [0.25, 0.3) is 0 Å². The standard InChI is InChI=1S/C24H33N5O3/c1-26-15-20(14-25-26)5-7-24(30)29-8-2-3-21(17-29)28-11-9-27(10-12-28)16-19-4-6-22-23(13-19)32-18-31-22/h4,6,13-15,21H,2-3,5,7-12,16-18H2,1H3. The first-order valence-electron chi connectivity index (χ1n) is 11.7. The van der Waals surface area contributed by atoms with Crippen molar-refractivity contribution >= 4 is 5.91 Å². The Balaban J connectivity index is 1.08. The Labute approximate surface area is 189 Å². The minimum Gasteiger partial charge on any atom is -0.454 e. The predicted molar refractivity (Wildman–Crippen MR) is 121 cm³/mol. The van der Waals surface area contributed by atoms with Gasteiger partial charge >= 0.3 is 0 Å². The van der Waals surface area contributed by atoms with E-state index in [-0.39, 0.29) is 5.91 Å². The van der Waals surface area contributed by atoms with Gasteiger partial charge in [0.1, 0.15) is 0 Å². The highest BCUT2D eigenvalue weighted by Gasteiger charge is 2.30. The van der Waals surface area contributed by atoms with Crippen LogP contribution in [0.15, 0.2) is 30.6 Å². The minimum absolute atomic E-state index is 0.278. The van der Waals surface area contributed by atoms with Crippen molar-refractivity contribution in [2.45, 2.75) is 38.3 Å². The van der Waals surface area contributed by atoms with Gasteiger partial charge in [-0.3, -0.25) is 19.3 Å². The summed E-state index contributed by atoms with van der Waals surface area (Å²) < 4.78 is 12.7. The molecular formula is C24H33N5O3. The second-order valence-electron chi connectivity index (χ2n) is 9.16. The van der Waals surface area contributed by atoms with E-state index in [0.29, 0.717) is 19.3 Å². The molecule has 2 fully saturated rings. The second-order valence-corrected chi connectivity index (χ2v) is 9.16. The van der Waals surface area contributed by atoms with E-state index in [1.807, 2.05) is 25.5 Å². The van der Waals surface area contributed by atoms with Gasteiger partial charge in [0.25, 0.3) is 0 Å². The molecule has 1 unspecified atom stereocenters. The molecule has 172 valence electrons. The Morgan fingerprint density at radius 1 is 1.09 bits per heavy atom. The quantitative estimate of drug-likeness (QED) is 0.685. The molecule has 0 bridgehead atoms. The van der Waals surface area contributed by atoms with Crippen LogP contribution in [0.2, 0.25) is 0 Å². The van der Waals surface area contributed by atoms with E-state index in [1.54, 1.807) is 4.68 Å². The molecule has 3 aliphatic rings. The van der Waals surface area contributed by atoms with Crippen molar-refractivity contribution in [2.24, 2.45) is 7.05 Å². The number of aryl methyl sites for hydroxylation is 2. The van der Waals surface area contributed by atoms with Gasteiger partial charge in [0.2, 0.25) is 12.7 Å². The summed E-state index contributed by atoms with van der Waals surface area (Å²) in [5, 5.41) is 4.20. The number of amides is 1. The second kappa shape index (κ2) is 9.50. The highest BCUT2D eigenvalue weighted by Crippen LogP contribution is 2.33. The highest BCUT2D eigenvalue weighted by molar-refractivity contribution is 5.76. The Kier molecular flexibility index (Phi) is 6.32. The first-order chi connectivity index (χ1) is 15.6. The maximum Gasteiger partial charge on any atom is 0.231 e. The number of fused-ring (bicyclic) bond motifs is 1. The molecule has 4 heterocycles. The number of hydrogen-bond acceptors (Lipinski definition) is 6. The third-order valence-corrected chi connectivity index (χ3v) is 6.90. The number of carbonyl (C=O) groups is 1. The van der Waals surface area contributed by atoms with Gasteiger partial charge in [-0.25, -0.2) is 0 Å². The van der Waals surface area contributed by atoms with Gasteiger partial charge in [0, 0.05) is 71.5 Å². The van der Waals surface area contributed by atoms with Crippen LogP contribution in [0.4, 0.5) is 0 Å². The monoisotopic (exact) mass is 439 g/mol. The van der Waals surface area contributed by atoms with Crippen LogP contribution in [-0.2, 0) is 24.8 Å². The maximum absolute atomic E-state index is 12.8. The molecule has 0 aliphatic carbocycles. The van der Waals surface area contributed by atoms with E-state index in [4.69, 9.17) is 9.47 Å². The van der Waals surface area contributed by atoms with E-state index < -0.39 is 0 Å². The molecule has 3 aliphatic heterocycles. The molecule has 1 amide bonds. The number of likely N-dealkylation sites (tertiary alicyclic amines) is 1. The molecule has 1 atom stereocenters. The first-order valence-corrected chi connectivity index (χ1v) is 11.7. The molecule has 0 saturated carbocycles. The van der Waals surface area contributed by atoms with E-state index in [9.17, 15) is 4.79 Å². The van der Waals surface area contributed by atoms with E-state index in [1.165, 1.54) is 12.0 Å². The molecule has 32 heavy (non-hydrogen) atoms. The van der Waals surface area contributed by atoms with Crippen molar-refractivity contribution in [3.8, 4) is 11.5 Å². The molecule has 1 aromatic heterocycles. The average molecular weight is 440 g/mol. The number of hydrogen-bond donors (Lipinski definition) is 0. The lowest BCUT2D eigenvalue weighted by Gasteiger charge is -2.43. The van der Waals surface area contributed by atoms with Crippen LogP contribution in [-0.4, -0.2) is 82.5 Å². The topological polar surface area (TPSA) is 63.1 Å². The molecule has 2 saturated heterocycles. The van der Waals surface area contributed by atoms with Gasteiger partial charge < -0.3 is 14.4 Å². The minimum atomic E-state index is 0.278. The Bertz CT molecular complexity index is 937. The normalized spacial score (nSPS) is 21.8. The SMILES string of the molecule is Cn1cc(CCC(=O)N2CCCC(N3CCN(Cc4ccc5c(c4)OCO5)CC3)C2)cn1. The summed E-state index contributed by atoms with van der Waals surface area (Å²) in [5.41, 5.74) is 2.40. The van der Waals surface area contributed by atoms with E-state index >= 15 is 0 Å². The zero-order chi connectivity index (χ0) is 21.9. The van der Waals surface area contributed by atoms with Gasteiger partial charge in [0.15, 0.2) is 11.5 Å². The van der Waals surface area contributed by atoms with Gasteiger partial charge in [-0.05, 0) is 42.5 Å². The van der Waals surface area contributed by atoms with Crippen LogP contribution in [0.3, 0.4) is 0 Å². The highest BCUT2D eigenvalue weighted by atomic mass is 16.7. The summed E-state index contributed by atoms with van der Waals surface area (Å²) in [7, 11) is 1.91.